The van der Waals surface area contributed by atoms with Gasteiger partial charge in [0.25, 0.3) is 0 Å². The van der Waals surface area contributed by atoms with Crippen molar-refractivity contribution in [2.75, 3.05) is 26.2 Å². The molecule has 3 aliphatic rings. The summed E-state index contributed by atoms with van der Waals surface area (Å²) in [5.74, 6) is 0.949. The van der Waals surface area contributed by atoms with Gasteiger partial charge < -0.3 is 10.6 Å². The number of piperidine rings is 2. The van der Waals surface area contributed by atoms with Gasteiger partial charge in [0, 0.05) is 24.7 Å². The van der Waals surface area contributed by atoms with Crippen molar-refractivity contribution >= 4 is 0 Å². The first kappa shape index (κ1) is 12.9. The van der Waals surface area contributed by atoms with Gasteiger partial charge in [-0.3, -0.25) is 4.90 Å². The molecule has 2 atom stereocenters. The molecular weight excluding hydrogens is 222 g/mol. The lowest BCUT2D eigenvalue weighted by molar-refractivity contribution is 0.0826. The zero-order valence-corrected chi connectivity index (χ0v) is 11.9. The highest BCUT2D eigenvalue weighted by molar-refractivity contribution is 4.97. The summed E-state index contributed by atoms with van der Waals surface area (Å²) >= 11 is 0. The van der Waals surface area contributed by atoms with Crippen LogP contribution in [0, 0.1) is 5.92 Å². The fourth-order valence-electron chi connectivity index (χ4n) is 4.40. The zero-order chi connectivity index (χ0) is 12.5. The first-order valence-corrected chi connectivity index (χ1v) is 8.00. The molecule has 2 unspecified atom stereocenters. The van der Waals surface area contributed by atoms with Crippen LogP contribution in [0.1, 0.15) is 45.4 Å². The van der Waals surface area contributed by atoms with Crippen molar-refractivity contribution in [1.29, 1.82) is 0 Å². The molecular formula is C15H29N3. The Morgan fingerprint density at radius 1 is 1.00 bits per heavy atom. The van der Waals surface area contributed by atoms with Crippen LogP contribution in [0.5, 0.6) is 0 Å². The Hall–Kier alpha value is -0.120. The standard InChI is InChI=1S/C15H29N3/c1-2-17-7-5-12(6-8-17)11-18-14-3-4-15(18)10-13(16)9-14/h12-15H,2-11,16H2,1H3. The van der Waals surface area contributed by atoms with E-state index in [0.717, 1.165) is 18.0 Å². The smallest absolute Gasteiger partial charge is 0.0114 e. The third kappa shape index (κ3) is 2.59. The van der Waals surface area contributed by atoms with Crippen molar-refractivity contribution in [1.82, 2.24) is 9.80 Å². The van der Waals surface area contributed by atoms with Crippen molar-refractivity contribution in [3.05, 3.63) is 0 Å². The van der Waals surface area contributed by atoms with E-state index in [-0.39, 0.29) is 0 Å². The predicted octanol–water partition coefficient (Wildman–Crippen LogP) is 1.67. The van der Waals surface area contributed by atoms with Gasteiger partial charge in [-0.15, -0.1) is 0 Å². The first-order valence-electron chi connectivity index (χ1n) is 8.00. The average Bonchev–Trinajstić information content (AvgIpc) is 2.62. The zero-order valence-electron chi connectivity index (χ0n) is 11.9. The van der Waals surface area contributed by atoms with Crippen LogP contribution in [-0.4, -0.2) is 54.1 Å². The normalized spacial score (nSPS) is 39.3. The molecule has 3 nitrogen and oxygen atoms in total. The third-order valence-corrected chi connectivity index (χ3v) is 5.54. The minimum Gasteiger partial charge on any atom is -0.328 e. The summed E-state index contributed by atoms with van der Waals surface area (Å²) in [6.07, 6.45) is 8.15. The van der Waals surface area contributed by atoms with Gasteiger partial charge in [0.1, 0.15) is 0 Å². The Morgan fingerprint density at radius 3 is 2.17 bits per heavy atom. The van der Waals surface area contributed by atoms with Gasteiger partial charge in [0.2, 0.25) is 0 Å². The van der Waals surface area contributed by atoms with Crippen LogP contribution in [-0.2, 0) is 0 Å². The molecule has 0 aliphatic carbocycles. The van der Waals surface area contributed by atoms with E-state index in [9.17, 15) is 0 Å². The summed E-state index contributed by atoms with van der Waals surface area (Å²) in [4.78, 5) is 5.42. The van der Waals surface area contributed by atoms with Crippen LogP contribution < -0.4 is 5.73 Å². The Kier molecular flexibility index (Phi) is 3.92. The Labute approximate surface area is 112 Å². The van der Waals surface area contributed by atoms with E-state index in [0.29, 0.717) is 6.04 Å². The number of hydrogen-bond donors (Lipinski definition) is 1. The minimum absolute atomic E-state index is 0.487. The second-order valence-electron chi connectivity index (χ2n) is 6.69. The second-order valence-corrected chi connectivity index (χ2v) is 6.69. The quantitative estimate of drug-likeness (QED) is 0.828. The van der Waals surface area contributed by atoms with Gasteiger partial charge in [-0.1, -0.05) is 6.92 Å². The maximum atomic E-state index is 6.15. The Morgan fingerprint density at radius 2 is 1.61 bits per heavy atom. The molecule has 3 heterocycles. The molecule has 2 bridgehead atoms. The average molecular weight is 251 g/mol. The number of fused-ring (bicyclic) bond motifs is 2. The molecule has 2 N–H and O–H groups in total. The maximum Gasteiger partial charge on any atom is 0.0114 e. The molecule has 0 spiro atoms. The maximum absolute atomic E-state index is 6.15. The molecule has 0 aromatic carbocycles. The van der Waals surface area contributed by atoms with Crippen molar-refractivity contribution in [3.63, 3.8) is 0 Å². The van der Waals surface area contributed by atoms with E-state index >= 15 is 0 Å². The molecule has 18 heavy (non-hydrogen) atoms. The summed E-state index contributed by atoms with van der Waals surface area (Å²) in [6, 6.07) is 2.13. The van der Waals surface area contributed by atoms with Crippen LogP contribution in [0.4, 0.5) is 0 Å². The first-order chi connectivity index (χ1) is 8.76. The molecule has 3 rings (SSSR count). The molecule has 0 amide bonds. The highest BCUT2D eigenvalue weighted by Crippen LogP contribution is 2.36. The molecule has 104 valence electrons. The van der Waals surface area contributed by atoms with Crippen molar-refractivity contribution in [2.45, 2.75) is 63.6 Å². The fraction of sp³-hybridized carbons (Fsp3) is 1.00. The second kappa shape index (κ2) is 5.48. The summed E-state index contributed by atoms with van der Waals surface area (Å²) in [7, 11) is 0. The van der Waals surface area contributed by atoms with E-state index in [4.69, 9.17) is 5.73 Å². The highest BCUT2D eigenvalue weighted by Gasteiger charge is 2.40. The van der Waals surface area contributed by atoms with E-state index in [2.05, 4.69) is 16.7 Å². The van der Waals surface area contributed by atoms with E-state index < -0.39 is 0 Å². The van der Waals surface area contributed by atoms with Gasteiger partial charge in [-0.2, -0.15) is 0 Å². The van der Waals surface area contributed by atoms with Crippen LogP contribution in [0.15, 0.2) is 0 Å². The van der Waals surface area contributed by atoms with Crippen molar-refractivity contribution < 1.29 is 0 Å². The van der Waals surface area contributed by atoms with Gasteiger partial charge in [-0.05, 0) is 64.1 Å². The summed E-state index contributed by atoms with van der Waals surface area (Å²) in [6.45, 7) is 7.52. The van der Waals surface area contributed by atoms with Gasteiger partial charge in [0.05, 0.1) is 0 Å². The molecule has 0 aromatic rings. The predicted molar refractivity (Wildman–Crippen MR) is 75.6 cm³/mol. The number of nitrogens with zero attached hydrogens (tertiary/aromatic N) is 2. The number of hydrogen-bond acceptors (Lipinski definition) is 3. The van der Waals surface area contributed by atoms with Crippen molar-refractivity contribution in [3.8, 4) is 0 Å². The van der Waals surface area contributed by atoms with Gasteiger partial charge >= 0.3 is 0 Å². The van der Waals surface area contributed by atoms with Crippen LogP contribution in [0.2, 0.25) is 0 Å². The summed E-state index contributed by atoms with van der Waals surface area (Å²) in [5.41, 5.74) is 6.15. The molecule has 3 fully saturated rings. The lowest BCUT2D eigenvalue weighted by Crippen LogP contribution is -2.50. The minimum atomic E-state index is 0.487. The number of likely N-dealkylation sites (tertiary alicyclic amines) is 1. The molecule has 3 aliphatic heterocycles. The van der Waals surface area contributed by atoms with Gasteiger partial charge in [-0.25, -0.2) is 0 Å². The lowest BCUT2D eigenvalue weighted by Gasteiger charge is -2.41. The number of nitrogens with two attached hydrogens (primary N) is 1. The molecule has 3 saturated heterocycles. The lowest BCUT2D eigenvalue weighted by atomic mass is 9.92. The molecule has 3 heteroatoms. The summed E-state index contributed by atoms with van der Waals surface area (Å²) in [5, 5.41) is 0. The number of rotatable bonds is 3. The topological polar surface area (TPSA) is 32.5 Å². The highest BCUT2D eigenvalue weighted by atomic mass is 15.2. The van der Waals surface area contributed by atoms with Crippen molar-refractivity contribution in [2.24, 2.45) is 11.7 Å². The largest absolute Gasteiger partial charge is 0.328 e. The SMILES string of the molecule is CCN1CCC(CN2C3CCC2CC(N)C3)CC1. The van der Waals surface area contributed by atoms with E-state index in [1.807, 2.05) is 0 Å². The molecule has 0 radical (unpaired) electrons. The molecule has 0 aromatic heterocycles. The summed E-state index contributed by atoms with van der Waals surface area (Å²) < 4.78 is 0. The molecule has 0 saturated carbocycles. The Balaban J connectivity index is 1.52. The van der Waals surface area contributed by atoms with Crippen LogP contribution >= 0.6 is 0 Å². The Bertz CT molecular complexity index is 259. The van der Waals surface area contributed by atoms with Gasteiger partial charge in [0.15, 0.2) is 0 Å². The van der Waals surface area contributed by atoms with Crippen LogP contribution in [0.25, 0.3) is 0 Å². The van der Waals surface area contributed by atoms with E-state index in [1.165, 1.54) is 64.7 Å². The van der Waals surface area contributed by atoms with Crippen LogP contribution in [0.3, 0.4) is 0 Å². The van der Waals surface area contributed by atoms with E-state index in [1.54, 1.807) is 0 Å². The fourth-order valence-corrected chi connectivity index (χ4v) is 4.40. The third-order valence-electron chi connectivity index (χ3n) is 5.54. The monoisotopic (exact) mass is 251 g/mol.